The third kappa shape index (κ3) is 3.35. The Labute approximate surface area is 112 Å². The number of carbonyl (C=O) groups is 2. The second-order valence-electron chi connectivity index (χ2n) is 3.92. The van der Waals surface area contributed by atoms with Crippen LogP contribution in [0.15, 0.2) is 12.1 Å². The molecule has 0 spiro atoms. The van der Waals surface area contributed by atoms with Crippen molar-refractivity contribution in [3.05, 3.63) is 34.4 Å². The van der Waals surface area contributed by atoms with Crippen LogP contribution in [-0.2, 0) is 9.59 Å². The average Bonchev–Trinajstić information content (AvgIpc) is 2.09. The zero-order chi connectivity index (χ0) is 12.5. The number of aryl methyl sites for hydroxylation is 3. The van der Waals surface area contributed by atoms with E-state index < -0.39 is 17.9 Å². The van der Waals surface area contributed by atoms with E-state index in [2.05, 4.69) is 0 Å². The number of benzene rings is 1. The van der Waals surface area contributed by atoms with Gasteiger partial charge >= 0.3 is 30.8 Å². The molecule has 0 atom stereocenters. The van der Waals surface area contributed by atoms with E-state index in [0.29, 0.717) is 16.7 Å². The van der Waals surface area contributed by atoms with E-state index in [4.69, 9.17) is 10.2 Å². The van der Waals surface area contributed by atoms with Crippen molar-refractivity contribution >= 4 is 30.8 Å². The van der Waals surface area contributed by atoms with Crippen molar-refractivity contribution in [2.75, 3.05) is 0 Å². The van der Waals surface area contributed by atoms with Gasteiger partial charge in [0, 0.05) is 0 Å². The fourth-order valence-corrected chi connectivity index (χ4v) is 2.00. The maximum atomic E-state index is 10.9. The Morgan fingerprint density at radius 2 is 1.35 bits per heavy atom. The number of rotatable bonds is 3. The Morgan fingerprint density at radius 3 is 1.65 bits per heavy atom. The zero-order valence-corrected chi connectivity index (χ0v) is 9.44. The van der Waals surface area contributed by atoms with Gasteiger partial charge in [-0.15, -0.1) is 0 Å². The summed E-state index contributed by atoms with van der Waals surface area (Å²) >= 11 is 0. The summed E-state index contributed by atoms with van der Waals surface area (Å²) in [6.45, 7) is 5.35. The predicted molar refractivity (Wildman–Crippen MR) is 65.8 cm³/mol. The van der Waals surface area contributed by atoms with Crippen molar-refractivity contribution < 1.29 is 19.8 Å². The molecule has 1 aromatic carbocycles. The summed E-state index contributed by atoms with van der Waals surface area (Å²) in [5.74, 6) is -4.15. The van der Waals surface area contributed by atoms with Gasteiger partial charge in [-0.05, 0) is 37.5 Å². The van der Waals surface area contributed by atoms with Crippen molar-refractivity contribution in [2.45, 2.75) is 26.7 Å². The minimum atomic E-state index is -1.49. The Morgan fingerprint density at radius 1 is 1.00 bits per heavy atom. The molecule has 0 amide bonds. The summed E-state index contributed by atoms with van der Waals surface area (Å²) in [4.78, 5) is 21.9. The first kappa shape index (κ1) is 15.8. The molecule has 0 saturated heterocycles. The first-order valence-electron chi connectivity index (χ1n) is 4.88. The van der Waals surface area contributed by atoms with E-state index in [0.717, 1.165) is 5.56 Å². The van der Waals surface area contributed by atoms with E-state index >= 15 is 0 Å². The fraction of sp³-hybridized carbons (Fsp3) is 0.333. The molecular formula is C12H15LiO4. The molecule has 4 nitrogen and oxygen atoms in total. The van der Waals surface area contributed by atoms with Crippen LogP contribution < -0.4 is 0 Å². The number of carboxylic acids is 2. The number of aliphatic carboxylic acids is 2. The molecule has 1 aromatic rings. The van der Waals surface area contributed by atoms with Gasteiger partial charge < -0.3 is 10.2 Å². The minimum absolute atomic E-state index is 0. The van der Waals surface area contributed by atoms with Crippen LogP contribution >= 0.6 is 0 Å². The number of hydrogen-bond donors (Lipinski definition) is 2. The summed E-state index contributed by atoms with van der Waals surface area (Å²) in [6, 6.07) is 3.59. The molecule has 0 aliphatic heterocycles. The summed E-state index contributed by atoms with van der Waals surface area (Å²) in [5.41, 5.74) is 2.78. The third-order valence-electron chi connectivity index (χ3n) is 2.52. The second-order valence-corrected chi connectivity index (χ2v) is 3.92. The van der Waals surface area contributed by atoms with Gasteiger partial charge in [0.2, 0.25) is 0 Å². The van der Waals surface area contributed by atoms with E-state index in [9.17, 15) is 9.59 Å². The molecule has 0 aromatic heterocycles. The predicted octanol–water partition coefficient (Wildman–Crippen LogP) is 1.22. The van der Waals surface area contributed by atoms with E-state index in [-0.39, 0.29) is 18.9 Å². The van der Waals surface area contributed by atoms with Gasteiger partial charge in [0.05, 0.1) is 0 Å². The summed E-state index contributed by atoms with van der Waals surface area (Å²) < 4.78 is 0. The Kier molecular flexibility index (Phi) is 5.47. The van der Waals surface area contributed by atoms with Crippen molar-refractivity contribution in [3.63, 3.8) is 0 Å². The molecule has 0 fully saturated rings. The van der Waals surface area contributed by atoms with Crippen molar-refractivity contribution in [2.24, 2.45) is 0 Å². The van der Waals surface area contributed by atoms with E-state index in [1.54, 1.807) is 26.0 Å². The number of hydrogen-bond acceptors (Lipinski definition) is 2. The van der Waals surface area contributed by atoms with Gasteiger partial charge in [-0.2, -0.15) is 0 Å². The van der Waals surface area contributed by atoms with Crippen LogP contribution in [0.25, 0.3) is 0 Å². The third-order valence-corrected chi connectivity index (χ3v) is 2.52. The summed E-state index contributed by atoms with van der Waals surface area (Å²) in [7, 11) is 0. The van der Waals surface area contributed by atoms with Crippen LogP contribution in [0.1, 0.15) is 28.2 Å². The summed E-state index contributed by atoms with van der Waals surface area (Å²) in [6.07, 6.45) is 0. The van der Waals surface area contributed by atoms with Gasteiger partial charge in [0.15, 0.2) is 5.92 Å². The SMILES string of the molecule is Cc1cc(C)c(C(C(=O)O)C(=O)O)c(C)c1.[LiH]. The van der Waals surface area contributed by atoms with Crippen LogP contribution in [-0.4, -0.2) is 41.0 Å². The molecule has 0 heterocycles. The van der Waals surface area contributed by atoms with Crippen LogP contribution in [0.3, 0.4) is 0 Å². The molecule has 0 aliphatic rings. The standard InChI is InChI=1S/C12H14O4.Li.H/c1-6-4-7(2)9(8(3)5-6)10(11(13)14)12(15)16;;/h4-5,10H,1-3H3,(H,13,14)(H,15,16);;. The first-order chi connectivity index (χ1) is 7.34. The average molecular weight is 230 g/mol. The molecule has 17 heavy (non-hydrogen) atoms. The molecule has 0 bridgehead atoms. The Balaban J connectivity index is 0.00000256. The summed E-state index contributed by atoms with van der Waals surface area (Å²) in [5, 5.41) is 17.9. The molecule has 88 valence electrons. The van der Waals surface area contributed by atoms with Crippen LogP contribution in [0.2, 0.25) is 0 Å². The van der Waals surface area contributed by atoms with Crippen molar-refractivity contribution in [3.8, 4) is 0 Å². The first-order valence-corrected chi connectivity index (χ1v) is 4.88. The van der Waals surface area contributed by atoms with Crippen molar-refractivity contribution in [1.29, 1.82) is 0 Å². The van der Waals surface area contributed by atoms with Gasteiger partial charge in [0.25, 0.3) is 0 Å². The van der Waals surface area contributed by atoms with E-state index in [1.807, 2.05) is 6.92 Å². The van der Waals surface area contributed by atoms with Gasteiger partial charge in [-0.1, -0.05) is 17.7 Å². The van der Waals surface area contributed by atoms with Gasteiger partial charge in [0.1, 0.15) is 0 Å². The van der Waals surface area contributed by atoms with E-state index in [1.165, 1.54) is 0 Å². The zero-order valence-electron chi connectivity index (χ0n) is 9.44. The topological polar surface area (TPSA) is 74.6 Å². The molecule has 0 radical (unpaired) electrons. The maximum absolute atomic E-state index is 10.9. The fourth-order valence-electron chi connectivity index (χ4n) is 2.00. The van der Waals surface area contributed by atoms with Gasteiger partial charge in [-0.3, -0.25) is 9.59 Å². The molecule has 1 rings (SSSR count). The van der Waals surface area contributed by atoms with Crippen molar-refractivity contribution in [1.82, 2.24) is 0 Å². The quantitative estimate of drug-likeness (QED) is 0.604. The molecule has 0 saturated carbocycles. The normalized spacial score (nSPS) is 9.88. The molecule has 0 aliphatic carbocycles. The Bertz CT molecular complexity index is 417. The molecule has 0 unspecified atom stereocenters. The van der Waals surface area contributed by atoms with Crippen LogP contribution in [0, 0.1) is 20.8 Å². The van der Waals surface area contributed by atoms with Crippen LogP contribution in [0.4, 0.5) is 0 Å². The van der Waals surface area contributed by atoms with Crippen LogP contribution in [0.5, 0.6) is 0 Å². The van der Waals surface area contributed by atoms with Gasteiger partial charge in [-0.25, -0.2) is 0 Å². The molecular weight excluding hydrogens is 215 g/mol. The second kappa shape index (κ2) is 5.90. The molecule has 5 heteroatoms. The monoisotopic (exact) mass is 230 g/mol. The number of carboxylic acid groups (broad SMARTS) is 2. The Hall–Kier alpha value is -1.24. The molecule has 2 N–H and O–H groups in total.